The first-order valence-electron chi connectivity index (χ1n) is 6.16. The minimum Gasteiger partial charge on any atom is -0.468 e. The molecule has 2 unspecified atom stereocenters. The lowest BCUT2D eigenvalue weighted by Gasteiger charge is -2.39. The predicted octanol–water partition coefficient (Wildman–Crippen LogP) is -0.0972. The Hall–Kier alpha value is -0.650. The highest BCUT2D eigenvalue weighted by Gasteiger charge is 2.31. The van der Waals surface area contributed by atoms with Gasteiger partial charge in [0.2, 0.25) is 0 Å². The largest absolute Gasteiger partial charge is 0.468 e. The number of likely N-dealkylation sites (N-methyl/N-ethyl adjacent to an activating group) is 1. The Morgan fingerprint density at radius 1 is 1.53 bits per heavy atom. The summed E-state index contributed by atoms with van der Waals surface area (Å²) < 4.78 is 4.71. The highest BCUT2D eigenvalue weighted by molar-refractivity contribution is 5.79. The molecule has 1 rings (SSSR count). The first-order valence-corrected chi connectivity index (χ1v) is 6.16. The van der Waals surface area contributed by atoms with Crippen molar-refractivity contribution in [2.45, 2.75) is 31.8 Å². The summed E-state index contributed by atoms with van der Waals surface area (Å²) in [5, 5.41) is 0. The number of ether oxygens (including phenoxy) is 1. The predicted molar refractivity (Wildman–Crippen MR) is 67.8 cm³/mol. The molecule has 17 heavy (non-hydrogen) atoms. The Balaban J connectivity index is 2.42. The molecule has 5 heteroatoms. The van der Waals surface area contributed by atoms with Crippen LogP contribution in [0.4, 0.5) is 0 Å². The molecule has 1 fully saturated rings. The lowest BCUT2D eigenvalue weighted by molar-refractivity contribution is -0.146. The maximum Gasteiger partial charge on any atom is 0.325 e. The number of rotatable bonds is 4. The zero-order chi connectivity index (χ0) is 13.1. The molecule has 2 N–H and O–H groups in total. The van der Waals surface area contributed by atoms with Gasteiger partial charge >= 0.3 is 5.97 Å². The molecular formula is C12H25N3O2. The summed E-state index contributed by atoms with van der Waals surface area (Å²) in [4.78, 5) is 16.2. The molecule has 1 heterocycles. The second-order valence-corrected chi connectivity index (χ2v) is 5.31. The van der Waals surface area contributed by atoms with E-state index in [1.54, 1.807) is 6.92 Å². The first kappa shape index (κ1) is 14.4. The minimum atomic E-state index is -0.877. The summed E-state index contributed by atoms with van der Waals surface area (Å²) in [5.41, 5.74) is 5.07. The van der Waals surface area contributed by atoms with Crippen molar-refractivity contribution in [2.24, 2.45) is 5.73 Å². The maximum absolute atomic E-state index is 11.5. The number of hydrogen-bond donors (Lipinski definition) is 1. The van der Waals surface area contributed by atoms with Crippen LogP contribution in [0.2, 0.25) is 0 Å². The first-order chi connectivity index (χ1) is 7.86. The summed E-state index contributed by atoms with van der Waals surface area (Å²) in [5.74, 6) is -0.334. The minimum absolute atomic E-state index is 0.334. The quantitative estimate of drug-likeness (QED) is 0.699. The molecule has 0 amide bonds. The number of methoxy groups -OCH3 is 1. The highest BCUT2D eigenvalue weighted by atomic mass is 16.5. The van der Waals surface area contributed by atoms with Crippen LogP contribution in [0, 0.1) is 0 Å². The molecule has 2 atom stereocenters. The highest BCUT2D eigenvalue weighted by Crippen LogP contribution is 2.13. The van der Waals surface area contributed by atoms with Crippen LogP contribution in [0.25, 0.3) is 0 Å². The number of piperazine rings is 1. The number of nitrogens with zero attached hydrogens (tertiary/aromatic N) is 2. The second-order valence-electron chi connectivity index (χ2n) is 5.31. The Bertz CT molecular complexity index is 268. The third-order valence-corrected chi connectivity index (χ3v) is 3.54. The van der Waals surface area contributed by atoms with Gasteiger partial charge in [-0.25, -0.2) is 0 Å². The molecule has 1 aliphatic rings. The molecule has 0 aliphatic carbocycles. The van der Waals surface area contributed by atoms with Gasteiger partial charge in [0.1, 0.15) is 5.54 Å². The van der Waals surface area contributed by atoms with Gasteiger partial charge in [0.05, 0.1) is 7.11 Å². The average Bonchev–Trinajstić information content (AvgIpc) is 2.26. The van der Waals surface area contributed by atoms with E-state index in [4.69, 9.17) is 10.5 Å². The molecule has 0 aromatic rings. The monoisotopic (exact) mass is 243 g/mol. The zero-order valence-electron chi connectivity index (χ0n) is 11.4. The van der Waals surface area contributed by atoms with Gasteiger partial charge in [0.25, 0.3) is 0 Å². The van der Waals surface area contributed by atoms with E-state index in [0.29, 0.717) is 12.5 Å². The standard InChI is InChI=1S/C12H25N3O2/c1-10-9-14(3)7-8-15(10)6-5-12(2,13)11(16)17-4/h10H,5-9,13H2,1-4H3. The zero-order valence-corrected chi connectivity index (χ0v) is 11.4. The van der Waals surface area contributed by atoms with Gasteiger partial charge < -0.3 is 15.4 Å². The van der Waals surface area contributed by atoms with Crippen LogP contribution >= 0.6 is 0 Å². The van der Waals surface area contributed by atoms with E-state index in [1.807, 2.05) is 0 Å². The lowest BCUT2D eigenvalue weighted by atomic mass is 9.98. The maximum atomic E-state index is 11.5. The summed E-state index contributed by atoms with van der Waals surface area (Å²) >= 11 is 0. The van der Waals surface area contributed by atoms with E-state index >= 15 is 0 Å². The van der Waals surface area contributed by atoms with Crippen LogP contribution < -0.4 is 5.73 Å². The summed E-state index contributed by atoms with van der Waals surface area (Å²) in [6.07, 6.45) is 0.633. The Labute approximate surface area is 104 Å². The van der Waals surface area contributed by atoms with Crippen molar-refractivity contribution in [1.29, 1.82) is 0 Å². The molecule has 0 aromatic carbocycles. The number of carbonyl (C=O) groups excluding carboxylic acids is 1. The number of hydrogen-bond acceptors (Lipinski definition) is 5. The van der Waals surface area contributed by atoms with Gasteiger partial charge in [0, 0.05) is 32.2 Å². The van der Waals surface area contributed by atoms with E-state index in [-0.39, 0.29) is 5.97 Å². The fourth-order valence-corrected chi connectivity index (χ4v) is 2.22. The molecule has 0 saturated carbocycles. The van der Waals surface area contributed by atoms with Gasteiger partial charge in [-0.1, -0.05) is 0 Å². The topological polar surface area (TPSA) is 58.8 Å². The van der Waals surface area contributed by atoms with Crippen LogP contribution in [-0.2, 0) is 9.53 Å². The van der Waals surface area contributed by atoms with E-state index in [9.17, 15) is 4.79 Å². The molecule has 0 aromatic heterocycles. The van der Waals surface area contributed by atoms with Crippen molar-refractivity contribution in [2.75, 3.05) is 40.3 Å². The molecule has 100 valence electrons. The van der Waals surface area contributed by atoms with Crippen molar-refractivity contribution < 1.29 is 9.53 Å². The molecule has 0 spiro atoms. The third kappa shape index (κ3) is 3.94. The van der Waals surface area contributed by atoms with Crippen LogP contribution in [0.5, 0.6) is 0 Å². The van der Waals surface area contributed by atoms with Crippen molar-refractivity contribution in [1.82, 2.24) is 9.80 Å². The van der Waals surface area contributed by atoms with E-state index in [2.05, 4.69) is 23.8 Å². The molecular weight excluding hydrogens is 218 g/mol. The molecule has 0 radical (unpaired) electrons. The van der Waals surface area contributed by atoms with Crippen molar-refractivity contribution in [3.63, 3.8) is 0 Å². The van der Waals surface area contributed by atoms with Crippen LogP contribution in [0.15, 0.2) is 0 Å². The van der Waals surface area contributed by atoms with Crippen molar-refractivity contribution in [3.8, 4) is 0 Å². The van der Waals surface area contributed by atoms with Crippen molar-refractivity contribution in [3.05, 3.63) is 0 Å². The molecule has 0 bridgehead atoms. The van der Waals surface area contributed by atoms with Gasteiger partial charge in [-0.05, 0) is 27.3 Å². The lowest BCUT2D eigenvalue weighted by Crippen LogP contribution is -2.53. The molecule has 5 nitrogen and oxygen atoms in total. The second kappa shape index (κ2) is 5.80. The fourth-order valence-electron chi connectivity index (χ4n) is 2.22. The fraction of sp³-hybridized carbons (Fsp3) is 0.917. The van der Waals surface area contributed by atoms with Gasteiger partial charge in [-0.2, -0.15) is 0 Å². The number of esters is 1. The Kier molecular flexibility index (Phi) is 4.91. The smallest absolute Gasteiger partial charge is 0.325 e. The normalized spacial score (nSPS) is 26.5. The van der Waals surface area contributed by atoms with Gasteiger partial charge in [0.15, 0.2) is 0 Å². The number of nitrogens with two attached hydrogens (primary N) is 1. The van der Waals surface area contributed by atoms with Crippen LogP contribution in [-0.4, -0.2) is 67.7 Å². The van der Waals surface area contributed by atoms with Crippen molar-refractivity contribution >= 4 is 5.97 Å². The van der Waals surface area contributed by atoms with Gasteiger partial charge in [-0.3, -0.25) is 9.69 Å². The van der Waals surface area contributed by atoms with E-state index in [0.717, 1.165) is 26.2 Å². The van der Waals surface area contributed by atoms with Crippen LogP contribution in [0.1, 0.15) is 20.3 Å². The summed E-state index contributed by atoms with van der Waals surface area (Å²) in [6.45, 7) is 7.97. The molecule has 1 saturated heterocycles. The van der Waals surface area contributed by atoms with E-state index in [1.165, 1.54) is 7.11 Å². The Morgan fingerprint density at radius 3 is 2.71 bits per heavy atom. The van der Waals surface area contributed by atoms with Crippen LogP contribution in [0.3, 0.4) is 0 Å². The summed E-state index contributed by atoms with van der Waals surface area (Å²) in [6, 6.07) is 0.516. The van der Waals surface area contributed by atoms with E-state index < -0.39 is 5.54 Å². The molecule has 1 aliphatic heterocycles. The Morgan fingerprint density at radius 2 is 2.18 bits per heavy atom. The van der Waals surface area contributed by atoms with Gasteiger partial charge in [-0.15, -0.1) is 0 Å². The third-order valence-electron chi connectivity index (χ3n) is 3.54. The number of carbonyl (C=O) groups is 1. The SMILES string of the molecule is COC(=O)C(C)(N)CCN1CCN(C)CC1C. The average molecular weight is 243 g/mol. The summed E-state index contributed by atoms with van der Waals surface area (Å²) in [7, 11) is 3.52.